The minimum atomic E-state index is -4.24. The molecule has 3 N–H and O–H groups in total. The Kier molecular flexibility index (Phi) is 6.01. The second kappa shape index (κ2) is 8.39. The number of nitrogens with two attached hydrogens (primary N) is 1. The van der Waals surface area contributed by atoms with Crippen molar-refractivity contribution >= 4 is 27.3 Å². The molecule has 1 fully saturated rings. The molecular weight excluding hydrogens is 511 g/mol. The number of aryl methyl sites for hydroxylation is 1. The van der Waals surface area contributed by atoms with E-state index in [2.05, 4.69) is 20.0 Å². The van der Waals surface area contributed by atoms with Gasteiger partial charge >= 0.3 is 6.61 Å². The molecule has 0 bridgehead atoms. The van der Waals surface area contributed by atoms with Crippen LogP contribution in [0, 0.1) is 12.7 Å². The summed E-state index contributed by atoms with van der Waals surface area (Å²) in [6, 6.07) is 4.55. The molecule has 2 aliphatic rings. The smallest absolute Gasteiger partial charge is 0.387 e. The van der Waals surface area contributed by atoms with E-state index in [0.717, 1.165) is 18.3 Å². The standard InChI is InChI=1S/C22H21F5N4O4S/c1-11-5-13(35-19(24)25)7-29-16(11)17(32)30-12-3-4-15(23)14(6-12)20(2)10-36(33,34)21(18(28)31-20)8-22(26,27)9-21/h3-7,19H,8-10H2,1-2H3,(H2,28,31)(H,30,32). The van der Waals surface area contributed by atoms with Gasteiger partial charge < -0.3 is 15.8 Å². The number of amidine groups is 1. The number of aromatic nitrogens is 1. The lowest BCUT2D eigenvalue weighted by molar-refractivity contribution is -0.0828. The van der Waals surface area contributed by atoms with Gasteiger partial charge in [0.2, 0.25) is 0 Å². The number of rotatable bonds is 5. The van der Waals surface area contributed by atoms with Gasteiger partial charge in [0.15, 0.2) is 9.84 Å². The number of amides is 1. The second-order valence-corrected chi connectivity index (χ2v) is 11.4. The summed E-state index contributed by atoms with van der Waals surface area (Å²) < 4.78 is 95.0. The Hall–Kier alpha value is -3.29. The lowest BCUT2D eigenvalue weighted by Crippen LogP contribution is -2.68. The fourth-order valence-electron chi connectivity index (χ4n) is 4.55. The van der Waals surface area contributed by atoms with E-state index in [0.29, 0.717) is 0 Å². The predicted molar refractivity (Wildman–Crippen MR) is 120 cm³/mol. The van der Waals surface area contributed by atoms with Crippen LogP contribution in [0.3, 0.4) is 0 Å². The molecule has 1 aliphatic heterocycles. The number of carbonyl (C=O) groups excluding carboxylic acids is 1. The van der Waals surface area contributed by atoms with Gasteiger partial charge in [0.1, 0.15) is 33.4 Å². The van der Waals surface area contributed by atoms with Gasteiger partial charge in [-0.15, -0.1) is 0 Å². The number of carbonyl (C=O) groups is 1. The van der Waals surface area contributed by atoms with Gasteiger partial charge in [0, 0.05) is 24.1 Å². The van der Waals surface area contributed by atoms with E-state index in [1.165, 1.54) is 26.0 Å². The minimum Gasteiger partial charge on any atom is -0.433 e. The molecule has 1 aromatic heterocycles. The van der Waals surface area contributed by atoms with E-state index in [1.54, 1.807) is 0 Å². The molecule has 1 aliphatic carbocycles. The van der Waals surface area contributed by atoms with Crippen molar-refractivity contribution in [2.24, 2.45) is 10.7 Å². The number of hydrogen-bond acceptors (Lipinski definition) is 7. The number of sulfone groups is 1. The Morgan fingerprint density at radius 2 is 1.89 bits per heavy atom. The van der Waals surface area contributed by atoms with Gasteiger partial charge in [-0.25, -0.2) is 26.6 Å². The van der Waals surface area contributed by atoms with Gasteiger partial charge in [-0.3, -0.25) is 9.79 Å². The first-order chi connectivity index (χ1) is 16.6. The topological polar surface area (TPSA) is 124 Å². The summed E-state index contributed by atoms with van der Waals surface area (Å²) in [5, 5.41) is 2.48. The third-order valence-corrected chi connectivity index (χ3v) is 8.92. The normalized spacial score (nSPS) is 23.6. The molecule has 194 valence electrons. The zero-order valence-corrected chi connectivity index (χ0v) is 19.8. The predicted octanol–water partition coefficient (Wildman–Crippen LogP) is 3.55. The SMILES string of the molecule is Cc1cc(OC(F)F)cnc1C(=O)Nc1ccc(F)c(C2(C)CS(=O)(=O)C3(CC(F)(F)C3)C(N)=N2)c1. The average molecular weight is 532 g/mol. The Morgan fingerprint density at radius 1 is 1.22 bits per heavy atom. The number of ether oxygens (including phenoxy) is 1. The van der Waals surface area contributed by atoms with Gasteiger partial charge in [-0.2, -0.15) is 8.78 Å². The highest BCUT2D eigenvalue weighted by Gasteiger charge is 2.68. The number of alkyl halides is 4. The lowest BCUT2D eigenvalue weighted by atomic mass is 9.78. The van der Waals surface area contributed by atoms with Crippen LogP contribution in [0.25, 0.3) is 0 Å². The molecule has 1 spiro atoms. The molecule has 1 aromatic carbocycles. The molecule has 14 heteroatoms. The van der Waals surface area contributed by atoms with Crippen LogP contribution < -0.4 is 15.8 Å². The molecule has 4 rings (SSSR count). The number of anilines is 1. The van der Waals surface area contributed by atoms with E-state index < -0.39 is 68.8 Å². The van der Waals surface area contributed by atoms with Crippen molar-refractivity contribution < 1.29 is 39.9 Å². The Morgan fingerprint density at radius 3 is 2.44 bits per heavy atom. The average Bonchev–Trinajstić information content (AvgIpc) is 2.71. The van der Waals surface area contributed by atoms with Crippen LogP contribution in [0.15, 0.2) is 35.5 Å². The van der Waals surface area contributed by atoms with Gasteiger partial charge in [-0.1, -0.05) is 0 Å². The number of halogens is 5. The van der Waals surface area contributed by atoms with Crippen molar-refractivity contribution in [1.29, 1.82) is 0 Å². The molecule has 2 heterocycles. The summed E-state index contributed by atoms with van der Waals surface area (Å²) in [5.41, 5.74) is 4.05. The highest BCUT2D eigenvalue weighted by Crippen LogP contribution is 2.54. The number of hydrogen-bond donors (Lipinski definition) is 2. The molecular formula is C22H21F5N4O4S. The van der Waals surface area contributed by atoms with Crippen LogP contribution in [-0.2, 0) is 15.4 Å². The summed E-state index contributed by atoms with van der Waals surface area (Å²) in [6.45, 7) is -0.319. The Labute approximate surface area is 202 Å². The largest absolute Gasteiger partial charge is 0.433 e. The summed E-state index contributed by atoms with van der Waals surface area (Å²) in [4.78, 5) is 20.7. The van der Waals surface area contributed by atoms with Crippen molar-refractivity contribution in [2.75, 3.05) is 11.1 Å². The molecule has 1 amide bonds. The summed E-state index contributed by atoms with van der Waals surface area (Å²) in [5.74, 6) is -6.31. The van der Waals surface area contributed by atoms with Gasteiger partial charge in [0.05, 0.1) is 11.9 Å². The Balaban J connectivity index is 1.63. The van der Waals surface area contributed by atoms with Crippen molar-refractivity contribution in [1.82, 2.24) is 4.98 Å². The molecule has 8 nitrogen and oxygen atoms in total. The number of aliphatic imine (C=N–C) groups is 1. The maximum atomic E-state index is 14.8. The molecule has 1 unspecified atom stereocenters. The van der Waals surface area contributed by atoms with E-state index in [4.69, 9.17) is 5.73 Å². The second-order valence-electron chi connectivity index (χ2n) is 9.10. The van der Waals surface area contributed by atoms with Gasteiger partial charge in [-0.05, 0) is 43.7 Å². The van der Waals surface area contributed by atoms with Crippen molar-refractivity contribution in [3.8, 4) is 5.75 Å². The van der Waals surface area contributed by atoms with Crippen molar-refractivity contribution in [2.45, 2.75) is 49.5 Å². The third kappa shape index (κ3) is 4.38. The van der Waals surface area contributed by atoms with Crippen molar-refractivity contribution in [3.05, 3.63) is 53.1 Å². The van der Waals surface area contributed by atoms with E-state index in [9.17, 15) is 35.2 Å². The molecule has 36 heavy (non-hydrogen) atoms. The van der Waals surface area contributed by atoms with E-state index in [-0.39, 0.29) is 28.3 Å². The molecule has 1 saturated carbocycles. The van der Waals surface area contributed by atoms with Gasteiger partial charge in [0.25, 0.3) is 11.8 Å². The number of nitrogens with one attached hydrogen (secondary N) is 1. The van der Waals surface area contributed by atoms with E-state index >= 15 is 0 Å². The summed E-state index contributed by atoms with van der Waals surface area (Å²) in [7, 11) is -4.24. The molecule has 0 radical (unpaired) electrons. The molecule has 2 aromatic rings. The quantitative estimate of drug-likeness (QED) is 0.568. The maximum absolute atomic E-state index is 14.8. The fourth-order valence-corrected chi connectivity index (χ4v) is 7.01. The van der Waals surface area contributed by atoms with Crippen LogP contribution in [0.5, 0.6) is 5.75 Å². The highest BCUT2D eigenvalue weighted by molar-refractivity contribution is 7.93. The molecule has 0 saturated heterocycles. The Bertz CT molecular complexity index is 1370. The van der Waals surface area contributed by atoms with Crippen molar-refractivity contribution in [3.63, 3.8) is 0 Å². The van der Waals surface area contributed by atoms with Crippen LogP contribution in [0.4, 0.5) is 27.6 Å². The fraction of sp³-hybridized carbons (Fsp3) is 0.409. The number of benzene rings is 1. The molecule has 1 atom stereocenters. The third-order valence-electron chi connectivity index (χ3n) is 6.29. The van der Waals surface area contributed by atoms with Crippen LogP contribution in [0.2, 0.25) is 0 Å². The first kappa shape index (κ1) is 25.8. The van der Waals surface area contributed by atoms with Crippen LogP contribution >= 0.6 is 0 Å². The maximum Gasteiger partial charge on any atom is 0.387 e. The van der Waals surface area contributed by atoms with Crippen LogP contribution in [-0.4, -0.2) is 48.2 Å². The van der Waals surface area contributed by atoms with Crippen LogP contribution in [0.1, 0.15) is 41.4 Å². The monoisotopic (exact) mass is 532 g/mol. The zero-order chi connectivity index (χ0) is 26.7. The zero-order valence-electron chi connectivity index (χ0n) is 19.0. The highest BCUT2D eigenvalue weighted by atomic mass is 32.2. The minimum absolute atomic E-state index is 0.0494. The lowest BCUT2D eigenvalue weighted by Gasteiger charge is -2.50. The van der Waals surface area contributed by atoms with E-state index in [1.807, 2.05) is 0 Å². The first-order valence-corrected chi connectivity index (χ1v) is 12.2. The summed E-state index contributed by atoms with van der Waals surface area (Å²) >= 11 is 0. The number of pyridine rings is 1. The summed E-state index contributed by atoms with van der Waals surface area (Å²) in [6.07, 6.45) is -1.03. The first-order valence-electron chi connectivity index (χ1n) is 10.6. The number of nitrogens with zero attached hydrogens (tertiary/aromatic N) is 2.